The number of hydrogen-bond donors (Lipinski definition) is 0. The first-order valence-electron chi connectivity index (χ1n) is 5.18. The van der Waals surface area contributed by atoms with E-state index in [1.165, 1.54) is 0 Å². The van der Waals surface area contributed by atoms with Gasteiger partial charge in [0.2, 0.25) is 0 Å². The lowest BCUT2D eigenvalue weighted by atomic mass is 9.99. The molecular weight excluding hydrogens is 178 g/mol. The summed E-state index contributed by atoms with van der Waals surface area (Å²) in [5.41, 5.74) is 1.04. The highest BCUT2D eigenvalue weighted by atomic mass is 16.5. The van der Waals surface area contributed by atoms with Crippen LogP contribution >= 0.6 is 0 Å². The lowest BCUT2D eigenvalue weighted by Gasteiger charge is -2.31. The molecule has 0 saturated carbocycles. The van der Waals surface area contributed by atoms with Crippen molar-refractivity contribution in [2.75, 3.05) is 13.7 Å². The summed E-state index contributed by atoms with van der Waals surface area (Å²) in [4.78, 5) is 13.2. The predicted molar refractivity (Wildman–Crippen MR) is 55.5 cm³/mol. The van der Waals surface area contributed by atoms with Gasteiger partial charge in [0.25, 0.3) is 5.91 Å². The van der Waals surface area contributed by atoms with E-state index in [0.29, 0.717) is 5.92 Å². The highest BCUT2D eigenvalue weighted by molar-refractivity contribution is 5.80. The average Bonchev–Trinajstić information content (AvgIpc) is 2.13. The fraction of sp³-hybridized carbons (Fsp3) is 0.727. The van der Waals surface area contributed by atoms with Crippen LogP contribution in [0.15, 0.2) is 11.5 Å². The summed E-state index contributed by atoms with van der Waals surface area (Å²) in [7, 11) is 1.83. The van der Waals surface area contributed by atoms with E-state index < -0.39 is 0 Å². The number of hydrogen-bond acceptors (Lipinski definition) is 2. The number of allylic oxidation sites excluding steroid dienone is 2. The van der Waals surface area contributed by atoms with E-state index in [9.17, 15) is 4.79 Å². The third-order valence-electron chi connectivity index (χ3n) is 2.70. The van der Waals surface area contributed by atoms with Crippen LogP contribution in [0.1, 0.15) is 33.6 Å². The third-order valence-corrected chi connectivity index (χ3v) is 2.70. The van der Waals surface area contributed by atoms with Gasteiger partial charge >= 0.3 is 0 Å². The van der Waals surface area contributed by atoms with Gasteiger partial charge in [-0.1, -0.05) is 20.3 Å². The molecule has 1 aliphatic heterocycles. The maximum absolute atomic E-state index is 11.4. The fourth-order valence-electron chi connectivity index (χ4n) is 1.96. The summed E-state index contributed by atoms with van der Waals surface area (Å²) in [5.74, 6) is 1.34. The molecule has 3 nitrogen and oxygen atoms in total. The van der Waals surface area contributed by atoms with E-state index in [-0.39, 0.29) is 12.5 Å². The molecule has 0 aliphatic carbocycles. The molecule has 0 radical (unpaired) electrons. The van der Waals surface area contributed by atoms with E-state index in [0.717, 1.165) is 24.3 Å². The zero-order chi connectivity index (χ0) is 10.7. The molecule has 0 saturated heterocycles. The minimum absolute atomic E-state index is 0.0496. The molecule has 0 aromatic carbocycles. The second kappa shape index (κ2) is 4.49. The molecule has 1 atom stereocenters. The minimum atomic E-state index is 0.0496. The Kier molecular flexibility index (Phi) is 3.55. The van der Waals surface area contributed by atoms with Crippen molar-refractivity contribution in [1.29, 1.82) is 0 Å². The fourth-order valence-corrected chi connectivity index (χ4v) is 1.96. The van der Waals surface area contributed by atoms with Gasteiger partial charge < -0.3 is 9.64 Å². The van der Waals surface area contributed by atoms with Gasteiger partial charge in [-0.3, -0.25) is 4.79 Å². The minimum Gasteiger partial charge on any atom is -0.487 e. The zero-order valence-corrected chi connectivity index (χ0v) is 9.46. The van der Waals surface area contributed by atoms with Crippen molar-refractivity contribution in [2.24, 2.45) is 5.92 Å². The number of nitrogens with zero attached hydrogens (tertiary/aromatic N) is 1. The van der Waals surface area contributed by atoms with Gasteiger partial charge in [0.15, 0.2) is 6.61 Å². The van der Waals surface area contributed by atoms with Gasteiger partial charge in [0, 0.05) is 7.05 Å². The number of likely N-dealkylation sites (N-methyl/N-ethyl adjacent to an activating group) is 1. The number of rotatable bonds is 3. The van der Waals surface area contributed by atoms with Crippen molar-refractivity contribution in [3.63, 3.8) is 0 Å². The van der Waals surface area contributed by atoms with Gasteiger partial charge in [-0.15, -0.1) is 0 Å². The Labute approximate surface area is 85.7 Å². The van der Waals surface area contributed by atoms with Crippen LogP contribution in [0.2, 0.25) is 0 Å². The molecule has 80 valence electrons. The summed E-state index contributed by atoms with van der Waals surface area (Å²) in [5, 5.41) is 0. The van der Waals surface area contributed by atoms with Crippen LogP contribution in [0.4, 0.5) is 0 Å². The summed E-state index contributed by atoms with van der Waals surface area (Å²) in [6.07, 6.45) is 2.22. The van der Waals surface area contributed by atoms with Crippen molar-refractivity contribution in [1.82, 2.24) is 4.90 Å². The molecular formula is C11H19NO2. The molecule has 0 spiro atoms. The van der Waals surface area contributed by atoms with Gasteiger partial charge in [0.05, 0.1) is 5.70 Å². The molecule has 1 amide bonds. The maximum Gasteiger partial charge on any atom is 0.264 e. The molecule has 0 aromatic heterocycles. The van der Waals surface area contributed by atoms with Crippen molar-refractivity contribution < 1.29 is 9.53 Å². The monoisotopic (exact) mass is 197 g/mol. The van der Waals surface area contributed by atoms with Gasteiger partial charge in [0.1, 0.15) is 5.76 Å². The Morgan fingerprint density at radius 1 is 1.57 bits per heavy atom. The van der Waals surface area contributed by atoms with Gasteiger partial charge in [-0.2, -0.15) is 0 Å². The summed E-state index contributed by atoms with van der Waals surface area (Å²) >= 11 is 0. The molecule has 3 heteroatoms. The van der Waals surface area contributed by atoms with Crippen molar-refractivity contribution in [3.8, 4) is 0 Å². The second-order valence-corrected chi connectivity index (χ2v) is 3.87. The first-order chi connectivity index (χ1) is 6.57. The van der Waals surface area contributed by atoms with Crippen molar-refractivity contribution in [2.45, 2.75) is 33.6 Å². The first kappa shape index (κ1) is 11.1. The van der Waals surface area contributed by atoms with Crippen LogP contribution in [0.5, 0.6) is 0 Å². The smallest absolute Gasteiger partial charge is 0.264 e. The first-order valence-corrected chi connectivity index (χ1v) is 5.18. The quantitative estimate of drug-likeness (QED) is 0.693. The number of ether oxygens (including phenoxy) is 1. The van der Waals surface area contributed by atoms with Crippen LogP contribution in [0.3, 0.4) is 0 Å². The maximum atomic E-state index is 11.4. The summed E-state index contributed by atoms with van der Waals surface area (Å²) in [6, 6.07) is 0. The molecule has 0 unspecified atom stereocenters. The second-order valence-electron chi connectivity index (χ2n) is 3.87. The number of carbonyl (C=O) groups excluding carboxylic acids is 1. The van der Waals surface area contributed by atoms with E-state index in [2.05, 4.69) is 13.8 Å². The Balaban J connectivity index is 2.86. The lowest BCUT2D eigenvalue weighted by Crippen LogP contribution is -2.37. The Bertz CT molecular complexity index is 258. The van der Waals surface area contributed by atoms with E-state index in [1.54, 1.807) is 4.90 Å². The Morgan fingerprint density at radius 2 is 2.21 bits per heavy atom. The molecule has 1 aliphatic rings. The van der Waals surface area contributed by atoms with Crippen molar-refractivity contribution in [3.05, 3.63) is 11.5 Å². The lowest BCUT2D eigenvalue weighted by molar-refractivity contribution is -0.134. The summed E-state index contributed by atoms with van der Waals surface area (Å²) in [6.45, 7) is 6.41. The Morgan fingerprint density at radius 3 is 2.79 bits per heavy atom. The molecule has 0 aromatic rings. The molecule has 0 fully saturated rings. The highest BCUT2D eigenvalue weighted by Gasteiger charge is 2.26. The topological polar surface area (TPSA) is 29.5 Å². The summed E-state index contributed by atoms with van der Waals surface area (Å²) < 4.78 is 5.33. The standard InChI is InChI=1S/C11H19NO2/c1-5-6-8(2)11-9(3)14-7-10(13)12(11)4/h8H,5-7H2,1-4H3/t8-/m0/s1. The molecule has 0 bridgehead atoms. The van der Waals surface area contributed by atoms with Crippen LogP contribution in [-0.2, 0) is 9.53 Å². The predicted octanol–water partition coefficient (Wildman–Crippen LogP) is 2.14. The third kappa shape index (κ3) is 2.08. The molecule has 14 heavy (non-hydrogen) atoms. The number of amides is 1. The van der Waals surface area contributed by atoms with E-state index >= 15 is 0 Å². The van der Waals surface area contributed by atoms with Gasteiger partial charge in [-0.05, 0) is 19.3 Å². The number of carbonyl (C=O) groups is 1. The largest absolute Gasteiger partial charge is 0.487 e. The van der Waals surface area contributed by atoms with Crippen molar-refractivity contribution >= 4 is 5.91 Å². The molecule has 1 heterocycles. The molecule has 0 N–H and O–H groups in total. The zero-order valence-electron chi connectivity index (χ0n) is 9.46. The average molecular weight is 197 g/mol. The highest BCUT2D eigenvalue weighted by Crippen LogP contribution is 2.26. The van der Waals surface area contributed by atoms with Crippen LogP contribution < -0.4 is 0 Å². The van der Waals surface area contributed by atoms with E-state index in [4.69, 9.17) is 4.74 Å². The van der Waals surface area contributed by atoms with Crippen LogP contribution in [0, 0.1) is 5.92 Å². The van der Waals surface area contributed by atoms with E-state index in [1.807, 2.05) is 14.0 Å². The van der Waals surface area contributed by atoms with Crippen LogP contribution in [0.25, 0.3) is 0 Å². The normalized spacial score (nSPS) is 19.7. The Hall–Kier alpha value is -0.990. The van der Waals surface area contributed by atoms with Crippen LogP contribution in [-0.4, -0.2) is 24.5 Å². The molecule has 1 rings (SSSR count). The SMILES string of the molecule is CCC[C@H](C)C1=C(C)OCC(=O)N1C. The van der Waals surface area contributed by atoms with Gasteiger partial charge in [-0.25, -0.2) is 0 Å².